The summed E-state index contributed by atoms with van der Waals surface area (Å²) in [7, 11) is 0. The number of hydrogen-bond acceptors (Lipinski definition) is 6. The summed E-state index contributed by atoms with van der Waals surface area (Å²) in [6.45, 7) is 1.81. The number of ether oxygens (including phenoxy) is 1. The number of benzene rings is 1. The Kier molecular flexibility index (Phi) is 4.48. The molecule has 0 unspecified atom stereocenters. The SMILES string of the molecule is C[C@H]1OC(c2ccccc2O)=N[C@@H]1C(=O)N(O)CCc1cnc[nH]1. The molecule has 0 fully saturated rings. The zero-order valence-electron chi connectivity index (χ0n) is 13.1. The molecule has 1 aromatic carbocycles. The van der Waals surface area contributed by atoms with Crippen molar-refractivity contribution in [1.82, 2.24) is 15.0 Å². The van der Waals surface area contributed by atoms with E-state index in [4.69, 9.17) is 4.74 Å². The van der Waals surface area contributed by atoms with E-state index in [9.17, 15) is 15.1 Å². The molecule has 3 N–H and O–H groups in total. The number of amides is 1. The van der Waals surface area contributed by atoms with E-state index < -0.39 is 18.1 Å². The lowest BCUT2D eigenvalue weighted by Crippen LogP contribution is -2.41. The smallest absolute Gasteiger partial charge is 0.274 e. The number of rotatable bonds is 5. The lowest BCUT2D eigenvalue weighted by Gasteiger charge is -2.19. The maximum absolute atomic E-state index is 12.4. The maximum Gasteiger partial charge on any atom is 0.274 e. The van der Waals surface area contributed by atoms with Crippen molar-refractivity contribution in [2.45, 2.75) is 25.5 Å². The largest absolute Gasteiger partial charge is 0.507 e. The van der Waals surface area contributed by atoms with Crippen molar-refractivity contribution in [1.29, 1.82) is 0 Å². The molecule has 126 valence electrons. The van der Waals surface area contributed by atoms with Gasteiger partial charge in [-0.15, -0.1) is 0 Å². The first-order chi connectivity index (χ1) is 11.6. The highest BCUT2D eigenvalue weighted by molar-refractivity contribution is 6.00. The Morgan fingerprint density at radius 3 is 2.92 bits per heavy atom. The summed E-state index contributed by atoms with van der Waals surface area (Å²) in [5.74, 6) is -0.329. The Morgan fingerprint density at radius 1 is 1.42 bits per heavy atom. The summed E-state index contributed by atoms with van der Waals surface area (Å²) >= 11 is 0. The third-order valence-corrected chi connectivity index (χ3v) is 3.79. The molecule has 0 saturated carbocycles. The van der Waals surface area contributed by atoms with Crippen LogP contribution in [0.2, 0.25) is 0 Å². The van der Waals surface area contributed by atoms with Crippen LogP contribution < -0.4 is 0 Å². The average Bonchev–Trinajstić information content (AvgIpc) is 3.22. The Balaban J connectivity index is 1.69. The lowest BCUT2D eigenvalue weighted by atomic mass is 10.2. The molecule has 2 aromatic rings. The van der Waals surface area contributed by atoms with Gasteiger partial charge in [0.1, 0.15) is 11.9 Å². The van der Waals surface area contributed by atoms with Crippen molar-refractivity contribution in [3.63, 3.8) is 0 Å². The van der Waals surface area contributed by atoms with E-state index in [1.807, 2.05) is 0 Å². The fourth-order valence-corrected chi connectivity index (χ4v) is 2.46. The second-order valence-corrected chi connectivity index (χ2v) is 5.51. The molecule has 1 amide bonds. The molecule has 1 aliphatic heterocycles. The highest BCUT2D eigenvalue weighted by atomic mass is 16.5. The molecule has 3 rings (SSSR count). The molecule has 0 aliphatic carbocycles. The van der Waals surface area contributed by atoms with Gasteiger partial charge in [0.25, 0.3) is 5.91 Å². The van der Waals surface area contributed by atoms with Crippen LogP contribution in [0.4, 0.5) is 0 Å². The molecular formula is C16H18N4O4. The number of aromatic hydroxyl groups is 1. The summed E-state index contributed by atoms with van der Waals surface area (Å²) in [5.41, 5.74) is 1.23. The molecule has 1 aromatic heterocycles. The highest BCUT2D eigenvalue weighted by Crippen LogP contribution is 2.24. The van der Waals surface area contributed by atoms with Crippen molar-refractivity contribution in [2.24, 2.45) is 4.99 Å². The number of hydroxylamine groups is 2. The van der Waals surface area contributed by atoms with Crippen LogP contribution >= 0.6 is 0 Å². The van der Waals surface area contributed by atoms with Gasteiger partial charge in [0.15, 0.2) is 6.04 Å². The summed E-state index contributed by atoms with van der Waals surface area (Å²) in [5, 5.41) is 20.5. The number of nitrogens with zero attached hydrogens (tertiary/aromatic N) is 3. The van der Waals surface area contributed by atoms with Crippen molar-refractivity contribution < 1.29 is 19.8 Å². The van der Waals surface area contributed by atoms with Gasteiger partial charge >= 0.3 is 0 Å². The minimum absolute atomic E-state index is 0.0247. The van der Waals surface area contributed by atoms with Crippen LogP contribution in [0, 0.1) is 0 Å². The number of H-pyrrole nitrogens is 1. The van der Waals surface area contributed by atoms with Crippen molar-refractivity contribution in [2.75, 3.05) is 6.54 Å². The van der Waals surface area contributed by atoms with Crippen LogP contribution in [0.3, 0.4) is 0 Å². The first-order valence-electron chi connectivity index (χ1n) is 7.56. The Bertz CT molecular complexity index is 744. The number of nitrogens with one attached hydrogen (secondary N) is 1. The van der Waals surface area contributed by atoms with Crippen LogP contribution in [-0.4, -0.2) is 55.8 Å². The Hall–Kier alpha value is -2.87. The third kappa shape index (κ3) is 3.23. The highest BCUT2D eigenvalue weighted by Gasteiger charge is 2.36. The molecule has 2 heterocycles. The molecular weight excluding hydrogens is 312 g/mol. The molecule has 2 atom stereocenters. The van der Waals surface area contributed by atoms with E-state index in [1.165, 1.54) is 12.4 Å². The van der Waals surface area contributed by atoms with Gasteiger partial charge in [0, 0.05) is 18.3 Å². The van der Waals surface area contributed by atoms with Crippen LogP contribution in [0.5, 0.6) is 5.75 Å². The topological polar surface area (TPSA) is 111 Å². The normalized spacial score (nSPS) is 19.7. The summed E-state index contributed by atoms with van der Waals surface area (Å²) in [6.07, 6.45) is 3.08. The number of carbonyl (C=O) groups excluding carboxylic acids is 1. The molecule has 0 bridgehead atoms. The number of para-hydroxylation sites is 1. The number of imidazole rings is 1. The lowest BCUT2D eigenvalue weighted by molar-refractivity contribution is -0.168. The molecule has 8 heteroatoms. The second kappa shape index (κ2) is 6.71. The van der Waals surface area contributed by atoms with Crippen molar-refractivity contribution >= 4 is 11.8 Å². The number of aromatic nitrogens is 2. The van der Waals surface area contributed by atoms with Gasteiger partial charge < -0.3 is 14.8 Å². The van der Waals surface area contributed by atoms with Gasteiger partial charge in [0.05, 0.1) is 18.4 Å². The minimum Gasteiger partial charge on any atom is -0.507 e. The Labute approximate surface area is 138 Å². The summed E-state index contributed by atoms with van der Waals surface area (Å²) in [4.78, 5) is 23.4. The van der Waals surface area contributed by atoms with Gasteiger partial charge in [0.2, 0.25) is 5.90 Å². The van der Waals surface area contributed by atoms with E-state index in [-0.39, 0.29) is 18.2 Å². The fraction of sp³-hybridized carbons (Fsp3) is 0.312. The van der Waals surface area contributed by atoms with E-state index >= 15 is 0 Å². The number of aromatic amines is 1. The molecule has 0 radical (unpaired) electrons. The zero-order chi connectivity index (χ0) is 17.1. The maximum atomic E-state index is 12.4. The summed E-state index contributed by atoms with van der Waals surface area (Å²) < 4.78 is 5.58. The zero-order valence-corrected chi connectivity index (χ0v) is 13.1. The van der Waals surface area contributed by atoms with Gasteiger partial charge in [-0.3, -0.25) is 10.0 Å². The first kappa shape index (κ1) is 16.0. The van der Waals surface area contributed by atoms with Crippen LogP contribution in [-0.2, 0) is 16.0 Å². The van der Waals surface area contributed by atoms with Gasteiger partial charge in [-0.1, -0.05) is 12.1 Å². The number of aliphatic imine (C=N–C) groups is 1. The third-order valence-electron chi connectivity index (χ3n) is 3.79. The van der Waals surface area contributed by atoms with Crippen LogP contribution in [0.15, 0.2) is 41.8 Å². The molecule has 8 nitrogen and oxygen atoms in total. The van der Waals surface area contributed by atoms with Gasteiger partial charge in [-0.2, -0.15) is 0 Å². The number of phenols is 1. The summed E-state index contributed by atoms with van der Waals surface area (Å²) in [6, 6.07) is 5.74. The predicted molar refractivity (Wildman–Crippen MR) is 84.8 cm³/mol. The standard InChI is InChI=1S/C16H18N4O4/c1-10-14(16(22)20(23)7-6-11-8-17-9-18-11)19-15(24-10)12-4-2-3-5-13(12)21/h2-5,8-10,14,21,23H,6-7H2,1H3,(H,17,18)/t10-,14+/m1/s1. The number of carbonyl (C=O) groups is 1. The predicted octanol–water partition coefficient (Wildman–Crippen LogP) is 1.11. The van der Waals surface area contributed by atoms with E-state index in [0.29, 0.717) is 17.0 Å². The second-order valence-electron chi connectivity index (χ2n) is 5.51. The van der Waals surface area contributed by atoms with Crippen LogP contribution in [0.1, 0.15) is 18.2 Å². The quantitative estimate of drug-likeness (QED) is 0.562. The molecule has 24 heavy (non-hydrogen) atoms. The number of hydrogen-bond donors (Lipinski definition) is 3. The van der Waals surface area contributed by atoms with Crippen molar-refractivity contribution in [3.05, 3.63) is 48.0 Å². The van der Waals surface area contributed by atoms with E-state index in [0.717, 1.165) is 5.69 Å². The average molecular weight is 330 g/mol. The number of phenolic OH excluding ortho intramolecular Hbond substituents is 1. The monoisotopic (exact) mass is 330 g/mol. The molecule has 0 spiro atoms. The fourth-order valence-electron chi connectivity index (χ4n) is 2.46. The molecule has 0 saturated heterocycles. The minimum atomic E-state index is -0.855. The first-order valence-corrected chi connectivity index (χ1v) is 7.56. The van der Waals surface area contributed by atoms with E-state index in [1.54, 1.807) is 31.3 Å². The van der Waals surface area contributed by atoms with Crippen LogP contribution in [0.25, 0.3) is 0 Å². The van der Waals surface area contributed by atoms with E-state index in [2.05, 4.69) is 15.0 Å². The van der Waals surface area contributed by atoms with Gasteiger partial charge in [-0.25, -0.2) is 15.0 Å². The van der Waals surface area contributed by atoms with Crippen molar-refractivity contribution in [3.8, 4) is 5.75 Å². The van der Waals surface area contributed by atoms with Gasteiger partial charge in [-0.05, 0) is 19.1 Å². The molecule has 1 aliphatic rings. The Morgan fingerprint density at radius 2 is 2.21 bits per heavy atom.